The lowest BCUT2D eigenvalue weighted by Crippen LogP contribution is -2.48. The highest BCUT2D eigenvalue weighted by atomic mass is 32.2. The smallest absolute Gasteiger partial charge is 0.256 e. The molecule has 0 aliphatic carbocycles. The van der Waals surface area contributed by atoms with Crippen molar-refractivity contribution in [1.82, 2.24) is 4.31 Å². The summed E-state index contributed by atoms with van der Waals surface area (Å²) in [6.45, 7) is 4.39. The van der Waals surface area contributed by atoms with Crippen molar-refractivity contribution in [3.05, 3.63) is 35.9 Å². The molecule has 24 heavy (non-hydrogen) atoms. The highest BCUT2D eigenvalue weighted by Crippen LogP contribution is 2.37. The van der Waals surface area contributed by atoms with Gasteiger partial charge in [0.25, 0.3) is 5.91 Å². The van der Waals surface area contributed by atoms with Crippen molar-refractivity contribution in [3.8, 4) is 0 Å². The third kappa shape index (κ3) is 2.23. The number of nitrogens with zero attached hydrogens (tertiary/aromatic N) is 1. The van der Waals surface area contributed by atoms with Gasteiger partial charge in [-0.1, -0.05) is 12.1 Å². The van der Waals surface area contributed by atoms with E-state index in [2.05, 4.69) is 5.32 Å². The minimum atomic E-state index is -3.66. The van der Waals surface area contributed by atoms with Crippen molar-refractivity contribution < 1.29 is 17.9 Å². The van der Waals surface area contributed by atoms with Crippen LogP contribution in [0.2, 0.25) is 0 Å². The number of sulfonamides is 1. The molecule has 2 aliphatic rings. The Bertz CT molecular complexity index is 944. The van der Waals surface area contributed by atoms with E-state index in [0.717, 1.165) is 0 Å². The molecule has 4 rings (SSSR count). The molecule has 0 radical (unpaired) electrons. The number of hydrogen-bond donors (Lipinski definition) is 1. The van der Waals surface area contributed by atoms with Crippen LogP contribution >= 0.6 is 0 Å². The Morgan fingerprint density at radius 1 is 1.12 bits per heavy atom. The van der Waals surface area contributed by atoms with Crippen LogP contribution in [0, 0.1) is 0 Å². The zero-order valence-electron chi connectivity index (χ0n) is 13.4. The van der Waals surface area contributed by atoms with Crippen molar-refractivity contribution in [2.75, 3.05) is 18.4 Å². The largest absolute Gasteiger partial charge is 0.373 e. The fourth-order valence-electron chi connectivity index (χ4n) is 3.55. The van der Waals surface area contributed by atoms with Crippen molar-refractivity contribution in [1.29, 1.82) is 0 Å². The Balaban J connectivity index is 1.88. The number of anilines is 1. The van der Waals surface area contributed by atoms with Crippen molar-refractivity contribution in [2.24, 2.45) is 0 Å². The second-order valence-electron chi connectivity index (χ2n) is 6.37. The van der Waals surface area contributed by atoms with E-state index in [9.17, 15) is 13.2 Å². The summed E-state index contributed by atoms with van der Waals surface area (Å²) in [6, 6.07) is 8.42. The lowest BCUT2D eigenvalue weighted by atomic mass is 10.1. The molecular weight excluding hydrogens is 328 g/mol. The number of hydrogen-bond acceptors (Lipinski definition) is 4. The maximum absolute atomic E-state index is 13.2. The fraction of sp³-hybridized carbons (Fsp3) is 0.353. The Morgan fingerprint density at radius 2 is 1.83 bits per heavy atom. The van der Waals surface area contributed by atoms with Gasteiger partial charge < -0.3 is 10.1 Å². The SMILES string of the molecule is C[C@@H]1CN(S(=O)(=O)c2ccc3c4c(cccc24)C(=O)N3)C[C@H](C)O1. The first-order chi connectivity index (χ1) is 11.4. The number of nitrogens with one attached hydrogen (secondary N) is 1. The van der Waals surface area contributed by atoms with Gasteiger partial charge in [-0.2, -0.15) is 4.31 Å². The van der Waals surface area contributed by atoms with Gasteiger partial charge in [-0.25, -0.2) is 8.42 Å². The second-order valence-corrected chi connectivity index (χ2v) is 8.28. The molecule has 2 aromatic rings. The van der Waals surface area contributed by atoms with Gasteiger partial charge in [-0.05, 0) is 32.0 Å². The minimum absolute atomic E-state index is 0.149. The van der Waals surface area contributed by atoms with Gasteiger partial charge in [0.1, 0.15) is 0 Å². The van der Waals surface area contributed by atoms with E-state index in [4.69, 9.17) is 4.74 Å². The maximum Gasteiger partial charge on any atom is 0.256 e. The van der Waals surface area contributed by atoms with Crippen LogP contribution in [0.1, 0.15) is 24.2 Å². The van der Waals surface area contributed by atoms with Crippen LogP contribution in [0.15, 0.2) is 35.2 Å². The second kappa shape index (κ2) is 5.27. The Morgan fingerprint density at radius 3 is 2.54 bits per heavy atom. The number of benzene rings is 2. The van der Waals surface area contributed by atoms with Crippen LogP contribution < -0.4 is 5.32 Å². The summed E-state index contributed by atoms with van der Waals surface area (Å²) in [4.78, 5) is 12.2. The fourth-order valence-corrected chi connectivity index (χ4v) is 5.33. The molecule has 0 saturated carbocycles. The molecule has 2 heterocycles. The van der Waals surface area contributed by atoms with Crippen molar-refractivity contribution in [3.63, 3.8) is 0 Å². The molecular formula is C17H18N2O4S. The zero-order chi connectivity index (χ0) is 17.1. The first kappa shape index (κ1) is 15.6. The van der Waals surface area contributed by atoms with E-state index in [1.165, 1.54) is 4.31 Å². The van der Waals surface area contributed by atoms with Crippen LogP contribution in [0.25, 0.3) is 10.8 Å². The highest BCUT2D eigenvalue weighted by molar-refractivity contribution is 7.89. The third-order valence-corrected chi connectivity index (χ3v) is 6.39. The monoisotopic (exact) mass is 346 g/mol. The first-order valence-corrected chi connectivity index (χ1v) is 9.34. The van der Waals surface area contributed by atoms with E-state index in [0.29, 0.717) is 35.1 Å². The molecule has 0 aromatic heterocycles. The number of carbonyl (C=O) groups excluding carboxylic acids is 1. The van der Waals surface area contributed by atoms with Crippen LogP contribution in [0.5, 0.6) is 0 Å². The van der Waals surface area contributed by atoms with E-state index in [1.807, 2.05) is 13.8 Å². The molecule has 2 atom stereocenters. The van der Waals surface area contributed by atoms with E-state index in [-0.39, 0.29) is 23.0 Å². The van der Waals surface area contributed by atoms with Gasteiger partial charge in [-0.3, -0.25) is 4.79 Å². The quantitative estimate of drug-likeness (QED) is 0.904. The van der Waals surface area contributed by atoms with Crippen LogP contribution in [0.3, 0.4) is 0 Å². The summed E-state index contributed by atoms with van der Waals surface area (Å²) in [6.07, 6.45) is -0.299. The van der Waals surface area contributed by atoms with Crippen LogP contribution in [-0.4, -0.2) is 43.9 Å². The average Bonchev–Trinajstić information content (AvgIpc) is 2.85. The molecule has 0 spiro atoms. The Hall–Kier alpha value is -1.96. The van der Waals surface area contributed by atoms with Gasteiger partial charge in [-0.15, -0.1) is 0 Å². The lowest BCUT2D eigenvalue weighted by molar-refractivity contribution is -0.0440. The van der Waals surface area contributed by atoms with Gasteiger partial charge in [0.05, 0.1) is 17.1 Å². The molecule has 7 heteroatoms. The summed E-state index contributed by atoms with van der Waals surface area (Å²) in [5.41, 5.74) is 1.18. The summed E-state index contributed by atoms with van der Waals surface area (Å²) in [7, 11) is -3.66. The highest BCUT2D eigenvalue weighted by Gasteiger charge is 2.34. The molecule has 0 unspecified atom stereocenters. The normalized spacial score (nSPS) is 24.3. The van der Waals surface area contributed by atoms with E-state index < -0.39 is 10.0 Å². The molecule has 1 saturated heterocycles. The van der Waals surface area contributed by atoms with E-state index >= 15 is 0 Å². The van der Waals surface area contributed by atoms with Crippen molar-refractivity contribution >= 4 is 32.4 Å². The molecule has 1 amide bonds. The van der Waals surface area contributed by atoms with Crippen LogP contribution in [-0.2, 0) is 14.8 Å². The number of morpholine rings is 1. The molecule has 1 N–H and O–H groups in total. The minimum Gasteiger partial charge on any atom is -0.373 e. The molecule has 1 fully saturated rings. The van der Waals surface area contributed by atoms with Gasteiger partial charge in [0.2, 0.25) is 10.0 Å². The average molecular weight is 346 g/mol. The molecule has 2 aromatic carbocycles. The Labute approximate surface area is 140 Å². The van der Waals surface area contributed by atoms with Gasteiger partial charge >= 0.3 is 0 Å². The predicted octanol–water partition coefficient (Wildman–Crippen LogP) is 2.20. The number of ether oxygens (including phenoxy) is 1. The number of rotatable bonds is 2. The summed E-state index contributed by atoms with van der Waals surface area (Å²) in [5, 5.41) is 4.03. The van der Waals surface area contributed by atoms with E-state index in [1.54, 1.807) is 30.3 Å². The lowest BCUT2D eigenvalue weighted by Gasteiger charge is -2.34. The molecule has 126 valence electrons. The predicted molar refractivity (Wildman–Crippen MR) is 90.7 cm³/mol. The zero-order valence-corrected chi connectivity index (χ0v) is 14.3. The molecule has 6 nitrogen and oxygen atoms in total. The number of amides is 1. The number of carbonyl (C=O) groups is 1. The topological polar surface area (TPSA) is 75.7 Å². The molecule has 2 aliphatic heterocycles. The molecule has 0 bridgehead atoms. The summed E-state index contributed by atoms with van der Waals surface area (Å²) in [5.74, 6) is -0.196. The summed E-state index contributed by atoms with van der Waals surface area (Å²) >= 11 is 0. The maximum atomic E-state index is 13.2. The Kier molecular flexibility index (Phi) is 3.42. The van der Waals surface area contributed by atoms with Gasteiger partial charge in [0, 0.05) is 35.1 Å². The summed E-state index contributed by atoms with van der Waals surface area (Å²) < 4.78 is 33.5. The van der Waals surface area contributed by atoms with Gasteiger partial charge in [0.15, 0.2) is 0 Å². The van der Waals surface area contributed by atoms with Crippen molar-refractivity contribution in [2.45, 2.75) is 31.0 Å². The standard InChI is InChI=1S/C17H18N2O4S/c1-10-8-19(9-11(2)23-10)24(21,22)15-7-6-14-16-12(15)4-3-5-13(16)17(20)18-14/h3-7,10-11H,8-9H2,1-2H3,(H,18,20)/t10-,11+. The first-order valence-electron chi connectivity index (χ1n) is 7.90. The van der Waals surface area contributed by atoms with Crippen LogP contribution in [0.4, 0.5) is 5.69 Å². The third-order valence-electron chi connectivity index (χ3n) is 4.50.